The molecule has 4 nitrogen and oxygen atoms in total. The van der Waals surface area contributed by atoms with Crippen molar-refractivity contribution in [2.24, 2.45) is 0 Å². The summed E-state index contributed by atoms with van der Waals surface area (Å²) in [5.74, 6) is -0.738. The van der Waals surface area contributed by atoms with E-state index in [9.17, 15) is 9.59 Å². The maximum atomic E-state index is 10.8. The fraction of sp³-hybridized carbons (Fsp3) is 0.250. The van der Waals surface area contributed by atoms with Crippen LogP contribution < -0.4 is 0 Å². The third kappa shape index (κ3) is 1.72. The molecule has 0 bridgehead atoms. The van der Waals surface area contributed by atoms with E-state index in [1.54, 1.807) is 6.92 Å². The van der Waals surface area contributed by atoms with Gasteiger partial charge in [0.2, 0.25) is 0 Å². The topological polar surface area (TPSA) is 52.6 Å². The molecule has 0 fully saturated rings. The van der Waals surface area contributed by atoms with Crippen molar-refractivity contribution in [3.63, 3.8) is 0 Å². The number of esters is 2. The highest BCUT2D eigenvalue weighted by atomic mass is 16.5. The van der Waals surface area contributed by atoms with Crippen molar-refractivity contribution in [3.8, 4) is 0 Å². The van der Waals surface area contributed by atoms with Gasteiger partial charge < -0.3 is 9.47 Å². The Kier molecular flexibility index (Phi) is 2.28. The zero-order valence-corrected chi connectivity index (χ0v) is 6.79. The van der Waals surface area contributed by atoms with Crippen molar-refractivity contribution in [1.29, 1.82) is 0 Å². The predicted octanol–water partition coefficient (Wildman–Crippen LogP) is 0.546. The molecule has 0 saturated heterocycles. The molecule has 0 unspecified atom stereocenters. The smallest absolute Gasteiger partial charge is 0.339 e. The van der Waals surface area contributed by atoms with Crippen molar-refractivity contribution in [3.05, 3.63) is 23.5 Å². The molecule has 4 heteroatoms. The van der Waals surface area contributed by atoms with E-state index in [2.05, 4.69) is 9.47 Å². The fourth-order valence-corrected chi connectivity index (χ4v) is 0.736. The second kappa shape index (κ2) is 3.21. The van der Waals surface area contributed by atoms with E-state index in [1.807, 2.05) is 0 Å². The highest BCUT2D eigenvalue weighted by Gasteiger charge is 2.17. The van der Waals surface area contributed by atoms with Crippen LogP contribution in [0, 0.1) is 0 Å². The number of hydrogen-bond donors (Lipinski definition) is 0. The summed E-state index contributed by atoms with van der Waals surface area (Å²) in [7, 11) is 1.26. The quantitative estimate of drug-likeness (QED) is 0.423. The van der Waals surface area contributed by atoms with Gasteiger partial charge in [-0.25, -0.2) is 9.59 Å². The molecule has 1 rings (SSSR count). The van der Waals surface area contributed by atoms with Crippen LogP contribution in [0.1, 0.15) is 6.92 Å². The minimum atomic E-state index is -0.538. The van der Waals surface area contributed by atoms with Crippen LogP contribution in [0.15, 0.2) is 23.5 Å². The third-order valence-electron chi connectivity index (χ3n) is 1.35. The molecule has 1 aliphatic heterocycles. The first-order chi connectivity index (χ1) is 5.63. The number of carbonyl (C=O) groups excluding carboxylic acids is 2. The van der Waals surface area contributed by atoms with Crippen LogP contribution in [0.3, 0.4) is 0 Å². The van der Waals surface area contributed by atoms with Gasteiger partial charge in [0.25, 0.3) is 0 Å². The normalized spacial score (nSPS) is 19.0. The molecule has 0 aromatic heterocycles. The molecular formula is C8H8O4. The Hall–Kier alpha value is -1.58. The lowest BCUT2D eigenvalue weighted by Gasteiger charge is -1.94. The van der Waals surface area contributed by atoms with E-state index in [0.717, 1.165) is 6.08 Å². The average Bonchev–Trinajstić information content (AvgIpc) is 2.31. The predicted molar refractivity (Wildman–Crippen MR) is 39.9 cm³/mol. The Bertz CT molecular complexity index is 285. The van der Waals surface area contributed by atoms with Crippen LogP contribution in [0.5, 0.6) is 0 Å². The fourth-order valence-electron chi connectivity index (χ4n) is 0.736. The standard InChI is InChI=1S/C8H8O4/c1-5-3-6(12-8(5)10)4-7(9)11-2/h3-4H,1-2H3. The van der Waals surface area contributed by atoms with Gasteiger partial charge in [0.1, 0.15) is 5.76 Å². The lowest BCUT2D eigenvalue weighted by Crippen LogP contribution is -1.99. The van der Waals surface area contributed by atoms with E-state index in [1.165, 1.54) is 13.2 Å². The van der Waals surface area contributed by atoms with Gasteiger partial charge in [-0.15, -0.1) is 0 Å². The molecule has 0 aliphatic carbocycles. The molecule has 0 atom stereocenters. The van der Waals surface area contributed by atoms with Crippen LogP contribution in [0.2, 0.25) is 0 Å². The van der Waals surface area contributed by atoms with Crippen molar-refractivity contribution < 1.29 is 19.1 Å². The number of cyclic esters (lactones) is 1. The minimum Gasteiger partial charge on any atom is -0.466 e. The summed E-state index contributed by atoms with van der Waals surface area (Å²) in [6, 6.07) is 0. The maximum Gasteiger partial charge on any atom is 0.339 e. The van der Waals surface area contributed by atoms with Gasteiger partial charge in [0.05, 0.1) is 13.2 Å². The van der Waals surface area contributed by atoms with E-state index >= 15 is 0 Å². The van der Waals surface area contributed by atoms with Crippen molar-refractivity contribution in [2.45, 2.75) is 6.92 Å². The first-order valence-electron chi connectivity index (χ1n) is 3.33. The number of hydrogen-bond acceptors (Lipinski definition) is 4. The van der Waals surface area contributed by atoms with Gasteiger partial charge in [-0.1, -0.05) is 0 Å². The first kappa shape index (κ1) is 8.52. The van der Waals surface area contributed by atoms with E-state index in [4.69, 9.17) is 0 Å². The zero-order chi connectivity index (χ0) is 9.14. The number of rotatable bonds is 1. The highest BCUT2D eigenvalue weighted by molar-refractivity contribution is 5.94. The van der Waals surface area contributed by atoms with Crippen molar-refractivity contribution in [1.82, 2.24) is 0 Å². The molecule has 0 amide bonds. The largest absolute Gasteiger partial charge is 0.466 e. The maximum absolute atomic E-state index is 10.8. The summed E-state index contributed by atoms with van der Waals surface area (Å²) in [5, 5.41) is 0. The van der Waals surface area contributed by atoms with Crippen molar-refractivity contribution >= 4 is 11.9 Å². The SMILES string of the molecule is COC(=O)C=C1C=C(C)C(=O)O1. The lowest BCUT2D eigenvalue weighted by molar-refractivity contribution is -0.135. The van der Waals surface area contributed by atoms with Crippen LogP contribution in [0.4, 0.5) is 0 Å². The highest BCUT2D eigenvalue weighted by Crippen LogP contribution is 2.15. The molecule has 0 radical (unpaired) electrons. The van der Waals surface area contributed by atoms with Gasteiger partial charge in [-0.3, -0.25) is 0 Å². The second-order valence-corrected chi connectivity index (χ2v) is 2.29. The summed E-state index contributed by atoms with van der Waals surface area (Å²) in [6.07, 6.45) is 2.60. The summed E-state index contributed by atoms with van der Waals surface area (Å²) in [5.41, 5.74) is 0.477. The Balaban J connectivity index is 2.75. The lowest BCUT2D eigenvalue weighted by atomic mass is 10.3. The van der Waals surface area contributed by atoms with E-state index in [-0.39, 0.29) is 5.76 Å². The summed E-state index contributed by atoms with van der Waals surface area (Å²) in [4.78, 5) is 21.4. The zero-order valence-electron chi connectivity index (χ0n) is 6.79. The Morgan fingerprint density at radius 3 is 2.75 bits per heavy atom. The van der Waals surface area contributed by atoms with Gasteiger partial charge >= 0.3 is 11.9 Å². The molecule has 64 valence electrons. The Labute approximate surface area is 69.5 Å². The number of methoxy groups -OCH3 is 1. The molecule has 0 N–H and O–H groups in total. The first-order valence-corrected chi connectivity index (χ1v) is 3.33. The minimum absolute atomic E-state index is 0.226. The molecule has 1 aliphatic rings. The Morgan fingerprint density at radius 2 is 2.33 bits per heavy atom. The molecule has 0 aromatic rings. The monoisotopic (exact) mass is 168 g/mol. The third-order valence-corrected chi connectivity index (χ3v) is 1.35. The van der Waals surface area contributed by atoms with E-state index in [0.29, 0.717) is 5.57 Å². The molecule has 12 heavy (non-hydrogen) atoms. The molecule has 0 spiro atoms. The van der Waals surface area contributed by atoms with Gasteiger partial charge in [-0.2, -0.15) is 0 Å². The second-order valence-electron chi connectivity index (χ2n) is 2.29. The molecular weight excluding hydrogens is 160 g/mol. The van der Waals surface area contributed by atoms with Crippen LogP contribution in [-0.2, 0) is 19.1 Å². The number of ether oxygens (including phenoxy) is 2. The summed E-state index contributed by atoms with van der Waals surface area (Å²) >= 11 is 0. The molecule has 1 heterocycles. The van der Waals surface area contributed by atoms with Crippen LogP contribution in [-0.4, -0.2) is 19.0 Å². The molecule has 0 aromatic carbocycles. The Morgan fingerprint density at radius 1 is 1.67 bits per heavy atom. The summed E-state index contributed by atoms with van der Waals surface area (Å²) < 4.78 is 9.02. The van der Waals surface area contributed by atoms with E-state index < -0.39 is 11.9 Å². The van der Waals surface area contributed by atoms with Crippen LogP contribution >= 0.6 is 0 Å². The number of carbonyl (C=O) groups is 2. The summed E-state index contributed by atoms with van der Waals surface area (Å²) in [6.45, 7) is 1.61. The van der Waals surface area contributed by atoms with Crippen molar-refractivity contribution in [2.75, 3.05) is 7.11 Å². The van der Waals surface area contributed by atoms with Crippen LogP contribution in [0.25, 0.3) is 0 Å². The number of allylic oxidation sites excluding steroid dienone is 1. The van der Waals surface area contributed by atoms with Gasteiger partial charge in [-0.05, 0) is 13.0 Å². The van der Waals surface area contributed by atoms with Gasteiger partial charge in [0, 0.05) is 5.57 Å². The average molecular weight is 168 g/mol. The van der Waals surface area contributed by atoms with Gasteiger partial charge in [0.15, 0.2) is 0 Å². The molecule has 0 saturated carbocycles.